The quantitative estimate of drug-likeness (QED) is 0.881. The van der Waals surface area contributed by atoms with Gasteiger partial charge in [0.1, 0.15) is 5.82 Å². The Hall–Kier alpha value is -2.11. The Bertz CT molecular complexity index is 562. The molecule has 6 heteroatoms. The third kappa shape index (κ3) is 3.71. The fourth-order valence-electron chi connectivity index (χ4n) is 2.62. The van der Waals surface area contributed by atoms with E-state index in [2.05, 4.69) is 5.32 Å². The molecule has 1 aliphatic heterocycles. The van der Waals surface area contributed by atoms with Gasteiger partial charge in [0.05, 0.1) is 5.92 Å². The van der Waals surface area contributed by atoms with E-state index < -0.39 is 17.7 Å². The van der Waals surface area contributed by atoms with Crippen LogP contribution in [-0.4, -0.2) is 35.1 Å². The van der Waals surface area contributed by atoms with E-state index in [4.69, 9.17) is 5.11 Å². The first kappa shape index (κ1) is 15.3. The summed E-state index contributed by atoms with van der Waals surface area (Å²) in [7, 11) is 0. The molecule has 1 heterocycles. The van der Waals surface area contributed by atoms with E-state index in [9.17, 15) is 14.0 Å². The number of rotatable bonds is 2. The molecule has 0 radical (unpaired) electrons. The molecule has 0 bridgehead atoms. The molecule has 1 aromatic rings. The highest BCUT2D eigenvalue weighted by atomic mass is 19.1. The molecule has 0 saturated carbocycles. The van der Waals surface area contributed by atoms with Gasteiger partial charge in [0.2, 0.25) is 0 Å². The zero-order chi connectivity index (χ0) is 15.6. The number of carboxylic acids is 1. The highest BCUT2D eigenvalue weighted by Crippen LogP contribution is 2.23. The topological polar surface area (TPSA) is 69.6 Å². The van der Waals surface area contributed by atoms with Crippen molar-refractivity contribution in [3.05, 3.63) is 29.6 Å². The number of carbonyl (C=O) groups excluding carboxylic acids is 1. The number of nitrogens with one attached hydrogen (secondary N) is 1. The van der Waals surface area contributed by atoms with E-state index >= 15 is 0 Å². The highest BCUT2D eigenvalue weighted by molar-refractivity contribution is 5.90. The summed E-state index contributed by atoms with van der Waals surface area (Å²) in [4.78, 5) is 24.8. The van der Waals surface area contributed by atoms with Crippen molar-refractivity contribution < 1.29 is 19.1 Å². The van der Waals surface area contributed by atoms with Crippen LogP contribution in [0.4, 0.5) is 14.9 Å². The number of halogens is 1. The molecule has 114 valence electrons. The van der Waals surface area contributed by atoms with Crippen LogP contribution in [0.2, 0.25) is 0 Å². The lowest BCUT2D eigenvalue weighted by atomic mass is 9.91. The third-order valence-electron chi connectivity index (χ3n) is 3.74. The van der Waals surface area contributed by atoms with E-state index in [1.54, 1.807) is 13.0 Å². The molecule has 0 aromatic heterocycles. The molecule has 0 spiro atoms. The summed E-state index contributed by atoms with van der Waals surface area (Å²) in [6.45, 7) is 4.38. The Labute approximate surface area is 122 Å². The number of nitrogens with zero attached hydrogens (tertiary/aromatic N) is 1. The van der Waals surface area contributed by atoms with Crippen LogP contribution in [0.15, 0.2) is 18.2 Å². The van der Waals surface area contributed by atoms with Gasteiger partial charge >= 0.3 is 12.0 Å². The maximum absolute atomic E-state index is 13.2. The summed E-state index contributed by atoms with van der Waals surface area (Å²) in [5.74, 6) is -1.74. The predicted octanol–water partition coefficient (Wildman–Crippen LogP) is 2.71. The van der Waals surface area contributed by atoms with Crippen molar-refractivity contribution in [3.8, 4) is 0 Å². The van der Waals surface area contributed by atoms with Crippen molar-refractivity contribution in [1.29, 1.82) is 0 Å². The van der Waals surface area contributed by atoms with E-state index in [1.165, 1.54) is 17.0 Å². The number of piperidine rings is 1. The summed E-state index contributed by atoms with van der Waals surface area (Å²) >= 11 is 0. The Morgan fingerprint density at radius 3 is 2.76 bits per heavy atom. The summed E-state index contributed by atoms with van der Waals surface area (Å²) in [6, 6.07) is 3.79. The zero-order valence-electron chi connectivity index (χ0n) is 12.1. The van der Waals surface area contributed by atoms with Crippen molar-refractivity contribution in [2.24, 2.45) is 11.8 Å². The second-order valence-corrected chi connectivity index (χ2v) is 5.67. The second-order valence-electron chi connectivity index (χ2n) is 5.67. The predicted molar refractivity (Wildman–Crippen MR) is 76.6 cm³/mol. The number of likely N-dealkylation sites (tertiary alicyclic amines) is 1. The molecule has 1 aromatic carbocycles. The molecule has 0 aliphatic carbocycles. The van der Waals surface area contributed by atoms with E-state index in [0.29, 0.717) is 18.7 Å². The maximum atomic E-state index is 13.2. The van der Waals surface area contributed by atoms with Crippen molar-refractivity contribution in [1.82, 2.24) is 4.90 Å². The molecule has 21 heavy (non-hydrogen) atoms. The largest absolute Gasteiger partial charge is 0.481 e. The molecule has 2 rings (SSSR count). The number of urea groups is 1. The molecular formula is C15H19FN2O3. The van der Waals surface area contributed by atoms with Gasteiger partial charge in [0.25, 0.3) is 0 Å². The fraction of sp³-hybridized carbons (Fsp3) is 0.467. The van der Waals surface area contributed by atoms with Gasteiger partial charge in [-0.1, -0.05) is 13.0 Å². The first-order valence-corrected chi connectivity index (χ1v) is 6.91. The van der Waals surface area contributed by atoms with Crippen LogP contribution in [0, 0.1) is 24.6 Å². The number of benzene rings is 1. The Morgan fingerprint density at radius 2 is 2.10 bits per heavy atom. The molecule has 2 N–H and O–H groups in total. The van der Waals surface area contributed by atoms with Gasteiger partial charge in [-0.15, -0.1) is 0 Å². The SMILES string of the molecule is Cc1ccc(F)cc1NC(=O)N1CC(C)CC(C(=O)O)C1. The summed E-state index contributed by atoms with van der Waals surface area (Å²) in [5, 5.41) is 11.8. The third-order valence-corrected chi connectivity index (χ3v) is 3.74. The van der Waals surface area contributed by atoms with Crippen LogP contribution in [0.25, 0.3) is 0 Å². The number of carboxylic acid groups (broad SMARTS) is 1. The van der Waals surface area contributed by atoms with Gasteiger partial charge in [-0.3, -0.25) is 4.79 Å². The Kier molecular flexibility index (Phi) is 4.45. The van der Waals surface area contributed by atoms with Gasteiger partial charge < -0.3 is 15.3 Å². The summed E-state index contributed by atoms with van der Waals surface area (Å²) in [6.07, 6.45) is 0.568. The summed E-state index contributed by atoms with van der Waals surface area (Å²) in [5.41, 5.74) is 1.16. The Balaban J connectivity index is 2.08. The molecule has 2 amide bonds. The monoisotopic (exact) mass is 294 g/mol. The van der Waals surface area contributed by atoms with Gasteiger partial charge in [0.15, 0.2) is 0 Å². The normalized spacial score (nSPS) is 22.0. The number of hydrogen-bond donors (Lipinski definition) is 2. The standard InChI is InChI=1S/C15H19FN2O3/c1-9-5-11(14(19)20)8-18(7-9)15(21)17-13-6-12(16)4-3-10(13)2/h3-4,6,9,11H,5,7-8H2,1-2H3,(H,17,21)(H,19,20). The molecule has 5 nitrogen and oxygen atoms in total. The number of carbonyl (C=O) groups is 2. The van der Waals surface area contributed by atoms with Crippen molar-refractivity contribution in [2.45, 2.75) is 20.3 Å². The second kappa shape index (κ2) is 6.11. The van der Waals surface area contributed by atoms with Crippen molar-refractivity contribution in [3.63, 3.8) is 0 Å². The van der Waals surface area contributed by atoms with Crippen molar-refractivity contribution in [2.75, 3.05) is 18.4 Å². The molecular weight excluding hydrogens is 275 g/mol. The number of aryl methyl sites for hydroxylation is 1. The van der Waals surface area contributed by atoms with Crippen molar-refractivity contribution >= 4 is 17.7 Å². The van der Waals surface area contributed by atoms with Crippen LogP contribution in [0.5, 0.6) is 0 Å². The number of anilines is 1. The van der Waals surface area contributed by atoms with Gasteiger partial charge in [-0.2, -0.15) is 0 Å². The van der Waals surface area contributed by atoms with Crippen LogP contribution >= 0.6 is 0 Å². The van der Waals surface area contributed by atoms with Crippen LogP contribution in [0.3, 0.4) is 0 Å². The minimum Gasteiger partial charge on any atom is -0.481 e. The minimum absolute atomic E-state index is 0.124. The van der Waals surface area contributed by atoms with E-state index in [0.717, 1.165) is 5.56 Å². The summed E-state index contributed by atoms with van der Waals surface area (Å²) < 4.78 is 13.2. The van der Waals surface area contributed by atoms with Gasteiger partial charge in [0, 0.05) is 18.8 Å². The number of amides is 2. The highest BCUT2D eigenvalue weighted by Gasteiger charge is 2.32. The first-order valence-electron chi connectivity index (χ1n) is 6.91. The lowest BCUT2D eigenvalue weighted by Gasteiger charge is -2.34. The molecule has 2 unspecified atom stereocenters. The zero-order valence-corrected chi connectivity index (χ0v) is 12.1. The average Bonchev–Trinajstić information content (AvgIpc) is 2.42. The molecule has 1 fully saturated rings. The number of aliphatic carboxylic acids is 1. The first-order chi connectivity index (χ1) is 9.86. The Morgan fingerprint density at radius 1 is 1.38 bits per heavy atom. The maximum Gasteiger partial charge on any atom is 0.321 e. The minimum atomic E-state index is -0.888. The van der Waals surface area contributed by atoms with Crippen LogP contribution < -0.4 is 5.32 Å². The lowest BCUT2D eigenvalue weighted by Crippen LogP contribution is -2.47. The lowest BCUT2D eigenvalue weighted by molar-refractivity contribution is -0.143. The number of hydrogen-bond acceptors (Lipinski definition) is 2. The molecule has 1 aliphatic rings. The van der Waals surface area contributed by atoms with Gasteiger partial charge in [-0.05, 0) is 37.0 Å². The smallest absolute Gasteiger partial charge is 0.321 e. The molecule has 1 saturated heterocycles. The fourth-order valence-corrected chi connectivity index (χ4v) is 2.62. The van der Waals surface area contributed by atoms with E-state index in [-0.39, 0.29) is 18.5 Å². The van der Waals surface area contributed by atoms with Crippen LogP contribution in [0.1, 0.15) is 18.9 Å². The van der Waals surface area contributed by atoms with E-state index in [1.807, 2.05) is 6.92 Å². The van der Waals surface area contributed by atoms with Crippen LogP contribution in [-0.2, 0) is 4.79 Å². The molecule has 2 atom stereocenters. The average molecular weight is 294 g/mol. The van der Waals surface area contributed by atoms with Gasteiger partial charge in [-0.25, -0.2) is 9.18 Å².